The molecule has 1 aromatic heterocycles. The summed E-state index contributed by atoms with van der Waals surface area (Å²) in [5.74, 6) is 0. The number of aromatic nitrogens is 2. The summed E-state index contributed by atoms with van der Waals surface area (Å²) in [5, 5.41) is 7.24. The Balaban J connectivity index is 2.40. The minimum absolute atomic E-state index is 0.239. The molecular weight excluding hydrogens is 310 g/mol. The molecule has 7 heteroatoms. The van der Waals surface area contributed by atoms with Gasteiger partial charge in [-0.2, -0.15) is 9.40 Å². The van der Waals surface area contributed by atoms with E-state index in [0.29, 0.717) is 23.0 Å². The SMILES string of the molecule is CCN(Cc1ccccc1Cl)S(=O)(=O)c1c(C)n[nH]c1C. The maximum Gasteiger partial charge on any atom is 0.247 e. The molecule has 1 heterocycles. The van der Waals surface area contributed by atoms with Crippen LogP contribution in [0, 0.1) is 13.8 Å². The van der Waals surface area contributed by atoms with Crippen molar-refractivity contribution in [1.29, 1.82) is 0 Å². The highest BCUT2D eigenvalue weighted by Crippen LogP contribution is 2.25. The Morgan fingerprint density at radius 3 is 2.48 bits per heavy atom. The third-order valence-electron chi connectivity index (χ3n) is 3.32. The van der Waals surface area contributed by atoms with E-state index in [9.17, 15) is 8.42 Å². The van der Waals surface area contributed by atoms with E-state index in [1.807, 2.05) is 18.2 Å². The van der Waals surface area contributed by atoms with Gasteiger partial charge in [-0.15, -0.1) is 0 Å². The van der Waals surface area contributed by atoms with Crippen LogP contribution in [0.2, 0.25) is 5.02 Å². The summed E-state index contributed by atoms with van der Waals surface area (Å²) in [6.45, 7) is 5.79. The van der Waals surface area contributed by atoms with Gasteiger partial charge in [0.15, 0.2) is 0 Å². The molecule has 0 radical (unpaired) electrons. The van der Waals surface area contributed by atoms with Gasteiger partial charge in [0.2, 0.25) is 10.0 Å². The number of aryl methyl sites for hydroxylation is 2. The van der Waals surface area contributed by atoms with Crippen LogP contribution in [0.25, 0.3) is 0 Å². The van der Waals surface area contributed by atoms with Crippen molar-refractivity contribution in [3.05, 3.63) is 46.2 Å². The van der Waals surface area contributed by atoms with Crippen LogP contribution >= 0.6 is 11.6 Å². The minimum Gasteiger partial charge on any atom is -0.281 e. The summed E-state index contributed by atoms with van der Waals surface area (Å²) in [5.41, 5.74) is 1.80. The van der Waals surface area contributed by atoms with Crippen molar-refractivity contribution in [2.24, 2.45) is 0 Å². The molecule has 0 saturated carbocycles. The van der Waals surface area contributed by atoms with E-state index in [4.69, 9.17) is 11.6 Å². The van der Waals surface area contributed by atoms with Crippen molar-refractivity contribution in [2.45, 2.75) is 32.2 Å². The van der Waals surface area contributed by atoms with Crippen molar-refractivity contribution < 1.29 is 8.42 Å². The lowest BCUT2D eigenvalue weighted by atomic mass is 10.2. The molecule has 2 rings (SSSR count). The van der Waals surface area contributed by atoms with E-state index < -0.39 is 10.0 Å². The molecule has 0 bridgehead atoms. The monoisotopic (exact) mass is 327 g/mol. The quantitative estimate of drug-likeness (QED) is 0.918. The highest BCUT2D eigenvalue weighted by atomic mass is 35.5. The maximum atomic E-state index is 12.8. The Hall–Kier alpha value is -1.37. The average molecular weight is 328 g/mol. The van der Waals surface area contributed by atoms with Gasteiger partial charge < -0.3 is 0 Å². The fourth-order valence-corrected chi connectivity index (χ4v) is 4.19. The van der Waals surface area contributed by atoms with Gasteiger partial charge in [0.05, 0.1) is 11.4 Å². The van der Waals surface area contributed by atoms with Crippen molar-refractivity contribution in [2.75, 3.05) is 6.54 Å². The number of nitrogens with one attached hydrogen (secondary N) is 1. The van der Waals surface area contributed by atoms with Crippen LogP contribution in [0.15, 0.2) is 29.2 Å². The van der Waals surface area contributed by atoms with E-state index >= 15 is 0 Å². The van der Waals surface area contributed by atoms with E-state index in [1.165, 1.54) is 4.31 Å². The molecule has 0 atom stereocenters. The zero-order valence-electron chi connectivity index (χ0n) is 12.2. The van der Waals surface area contributed by atoms with Crippen LogP contribution in [0.5, 0.6) is 0 Å². The van der Waals surface area contributed by atoms with Crippen LogP contribution in [0.4, 0.5) is 0 Å². The third-order valence-corrected chi connectivity index (χ3v) is 5.87. The zero-order chi connectivity index (χ0) is 15.6. The zero-order valence-corrected chi connectivity index (χ0v) is 13.8. The number of benzene rings is 1. The maximum absolute atomic E-state index is 12.8. The molecule has 0 aliphatic carbocycles. The molecule has 1 aromatic carbocycles. The van der Waals surface area contributed by atoms with E-state index in [2.05, 4.69) is 10.2 Å². The molecule has 0 aliphatic heterocycles. The Kier molecular flexibility index (Phi) is 4.70. The van der Waals surface area contributed by atoms with E-state index in [1.54, 1.807) is 26.8 Å². The van der Waals surface area contributed by atoms with Crippen molar-refractivity contribution in [1.82, 2.24) is 14.5 Å². The van der Waals surface area contributed by atoms with E-state index in [-0.39, 0.29) is 11.4 Å². The summed E-state index contributed by atoms with van der Waals surface area (Å²) < 4.78 is 27.0. The molecule has 0 amide bonds. The largest absolute Gasteiger partial charge is 0.281 e. The van der Waals surface area contributed by atoms with E-state index in [0.717, 1.165) is 5.56 Å². The number of nitrogens with zero attached hydrogens (tertiary/aromatic N) is 2. The lowest BCUT2D eigenvalue weighted by Crippen LogP contribution is -2.31. The second-order valence-corrected chi connectivity index (χ2v) is 7.07. The molecule has 5 nitrogen and oxygen atoms in total. The van der Waals surface area contributed by atoms with Crippen LogP contribution in [-0.4, -0.2) is 29.5 Å². The topological polar surface area (TPSA) is 66.1 Å². The Morgan fingerprint density at radius 2 is 1.95 bits per heavy atom. The summed E-state index contributed by atoms with van der Waals surface area (Å²) in [6.07, 6.45) is 0. The lowest BCUT2D eigenvalue weighted by molar-refractivity contribution is 0.423. The molecule has 0 fully saturated rings. The number of hydrogen-bond acceptors (Lipinski definition) is 3. The highest BCUT2D eigenvalue weighted by molar-refractivity contribution is 7.89. The number of halogens is 1. The molecule has 21 heavy (non-hydrogen) atoms. The minimum atomic E-state index is -3.60. The second kappa shape index (κ2) is 6.17. The first-order chi connectivity index (χ1) is 9.87. The van der Waals surface area contributed by atoms with Crippen LogP contribution < -0.4 is 0 Å². The number of rotatable bonds is 5. The molecule has 0 aliphatic rings. The number of hydrogen-bond donors (Lipinski definition) is 1. The Bertz CT molecular complexity index is 721. The second-order valence-electron chi connectivity index (χ2n) is 4.79. The number of H-pyrrole nitrogens is 1. The van der Waals surface area contributed by atoms with Gasteiger partial charge in [-0.3, -0.25) is 5.10 Å². The van der Waals surface area contributed by atoms with Gasteiger partial charge in [0.25, 0.3) is 0 Å². The summed E-state index contributed by atoms with van der Waals surface area (Å²) in [4.78, 5) is 0.247. The van der Waals surface area contributed by atoms with Gasteiger partial charge >= 0.3 is 0 Å². The van der Waals surface area contributed by atoms with Gasteiger partial charge in [-0.25, -0.2) is 8.42 Å². The Labute approximate surface area is 130 Å². The van der Waals surface area contributed by atoms with Crippen LogP contribution in [0.1, 0.15) is 23.9 Å². The first-order valence-electron chi connectivity index (χ1n) is 6.63. The van der Waals surface area contributed by atoms with Crippen molar-refractivity contribution >= 4 is 21.6 Å². The average Bonchev–Trinajstić information content (AvgIpc) is 2.77. The molecule has 2 aromatic rings. The van der Waals surface area contributed by atoms with Crippen molar-refractivity contribution in [3.63, 3.8) is 0 Å². The molecule has 114 valence electrons. The van der Waals surface area contributed by atoms with Crippen LogP contribution in [0.3, 0.4) is 0 Å². The number of aromatic amines is 1. The molecule has 0 unspecified atom stereocenters. The van der Waals surface area contributed by atoms with Crippen LogP contribution in [-0.2, 0) is 16.6 Å². The third kappa shape index (κ3) is 3.12. The molecular formula is C14H18ClN3O2S. The highest BCUT2D eigenvalue weighted by Gasteiger charge is 2.29. The van der Waals surface area contributed by atoms with Gasteiger partial charge in [-0.05, 0) is 25.5 Å². The summed E-state index contributed by atoms with van der Waals surface area (Å²) in [7, 11) is -3.60. The molecule has 0 spiro atoms. The smallest absolute Gasteiger partial charge is 0.247 e. The predicted molar refractivity (Wildman–Crippen MR) is 82.8 cm³/mol. The fourth-order valence-electron chi connectivity index (χ4n) is 2.23. The lowest BCUT2D eigenvalue weighted by Gasteiger charge is -2.21. The Morgan fingerprint density at radius 1 is 1.29 bits per heavy atom. The predicted octanol–water partition coefficient (Wildman–Crippen LogP) is 2.89. The van der Waals surface area contributed by atoms with Gasteiger partial charge in [0, 0.05) is 18.1 Å². The molecule has 1 N–H and O–H groups in total. The summed E-state index contributed by atoms with van der Waals surface area (Å²) >= 11 is 6.12. The first kappa shape index (κ1) is 16.0. The summed E-state index contributed by atoms with van der Waals surface area (Å²) in [6, 6.07) is 7.25. The van der Waals surface area contributed by atoms with Gasteiger partial charge in [0.1, 0.15) is 4.90 Å². The van der Waals surface area contributed by atoms with Crippen molar-refractivity contribution in [3.8, 4) is 0 Å². The fraction of sp³-hybridized carbons (Fsp3) is 0.357. The molecule has 0 saturated heterocycles. The first-order valence-corrected chi connectivity index (χ1v) is 8.44. The normalized spacial score (nSPS) is 12.0. The number of sulfonamides is 1. The standard InChI is InChI=1S/C14H18ClN3O2S/c1-4-18(9-12-7-5-6-8-13(12)15)21(19,20)14-10(2)16-17-11(14)3/h5-8H,4,9H2,1-3H3,(H,16,17). The van der Waals surface area contributed by atoms with Gasteiger partial charge in [-0.1, -0.05) is 36.7 Å².